The first-order chi connectivity index (χ1) is 8.02. The highest BCUT2D eigenvalue weighted by Gasteiger charge is 2.07. The second-order valence-electron chi connectivity index (χ2n) is 3.90. The van der Waals surface area contributed by atoms with E-state index in [9.17, 15) is 13.6 Å². The fourth-order valence-electron chi connectivity index (χ4n) is 1.35. The van der Waals surface area contributed by atoms with Crippen molar-refractivity contribution in [1.82, 2.24) is 5.32 Å². The molecule has 94 valence electrons. The predicted molar refractivity (Wildman–Crippen MR) is 59.4 cm³/mol. The quantitative estimate of drug-likeness (QED) is 0.821. The van der Waals surface area contributed by atoms with E-state index in [4.69, 9.17) is 5.11 Å². The van der Waals surface area contributed by atoms with E-state index in [1.165, 1.54) is 6.07 Å². The van der Waals surface area contributed by atoms with E-state index < -0.39 is 11.6 Å². The van der Waals surface area contributed by atoms with Gasteiger partial charge >= 0.3 is 0 Å². The van der Waals surface area contributed by atoms with Crippen molar-refractivity contribution in [3.05, 3.63) is 35.4 Å². The van der Waals surface area contributed by atoms with Crippen LogP contribution in [0.5, 0.6) is 0 Å². The number of aliphatic hydroxyl groups excluding tert-OH is 1. The Hall–Kier alpha value is -1.49. The van der Waals surface area contributed by atoms with Gasteiger partial charge in [-0.15, -0.1) is 0 Å². The molecule has 1 amide bonds. The van der Waals surface area contributed by atoms with Crippen molar-refractivity contribution in [1.29, 1.82) is 0 Å². The minimum atomic E-state index is -0.911. The molecule has 0 fully saturated rings. The van der Waals surface area contributed by atoms with Crippen LogP contribution < -0.4 is 5.32 Å². The van der Waals surface area contributed by atoms with Gasteiger partial charge in [-0.25, -0.2) is 8.78 Å². The maximum absolute atomic E-state index is 12.9. The molecule has 0 saturated heterocycles. The fourth-order valence-corrected chi connectivity index (χ4v) is 1.35. The molecule has 0 radical (unpaired) electrons. The van der Waals surface area contributed by atoms with Gasteiger partial charge in [0.1, 0.15) is 0 Å². The number of nitrogens with one attached hydrogen (secondary N) is 1. The van der Waals surface area contributed by atoms with E-state index in [1.807, 2.05) is 0 Å². The predicted octanol–water partition coefficient (Wildman–Crippen LogP) is 1.39. The molecule has 1 aromatic carbocycles. The molecule has 0 aliphatic carbocycles. The highest BCUT2D eigenvalue weighted by molar-refractivity contribution is 5.76. The number of benzene rings is 1. The summed E-state index contributed by atoms with van der Waals surface area (Å²) in [5.74, 6) is -2.03. The van der Waals surface area contributed by atoms with Crippen LogP contribution in [0.2, 0.25) is 0 Å². The number of amides is 1. The molecule has 1 rings (SSSR count). The highest BCUT2D eigenvalue weighted by atomic mass is 19.2. The second kappa shape index (κ2) is 6.30. The largest absolute Gasteiger partial charge is 0.394 e. The van der Waals surface area contributed by atoms with Crippen LogP contribution in [0.15, 0.2) is 18.2 Å². The topological polar surface area (TPSA) is 49.3 Å². The SMILES string of the molecule is C[C@H](CO)NC(=O)CCc1ccc(F)c(F)c1. The van der Waals surface area contributed by atoms with E-state index in [0.29, 0.717) is 12.0 Å². The average Bonchev–Trinajstić information content (AvgIpc) is 2.30. The number of aliphatic hydroxyl groups is 1. The van der Waals surface area contributed by atoms with Crippen molar-refractivity contribution in [3.8, 4) is 0 Å². The molecule has 1 atom stereocenters. The molecule has 0 spiro atoms. The minimum absolute atomic E-state index is 0.128. The summed E-state index contributed by atoms with van der Waals surface area (Å²) in [4.78, 5) is 11.3. The van der Waals surface area contributed by atoms with Crippen molar-refractivity contribution >= 4 is 5.91 Å². The number of rotatable bonds is 5. The van der Waals surface area contributed by atoms with Crippen LogP contribution in [0.1, 0.15) is 18.9 Å². The van der Waals surface area contributed by atoms with Gasteiger partial charge in [0, 0.05) is 12.5 Å². The van der Waals surface area contributed by atoms with Crippen LogP contribution in [0.3, 0.4) is 0 Å². The van der Waals surface area contributed by atoms with Gasteiger partial charge in [0.25, 0.3) is 0 Å². The number of hydrogen-bond acceptors (Lipinski definition) is 2. The van der Waals surface area contributed by atoms with Gasteiger partial charge in [0.05, 0.1) is 6.61 Å². The van der Waals surface area contributed by atoms with E-state index >= 15 is 0 Å². The molecule has 0 saturated carbocycles. The molecular weight excluding hydrogens is 228 g/mol. The lowest BCUT2D eigenvalue weighted by Crippen LogP contribution is -2.35. The molecule has 0 bridgehead atoms. The molecule has 5 heteroatoms. The fraction of sp³-hybridized carbons (Fsp3) is 0.417. The minimum Gasteiger partial charge on any atom is -0.394 e. The van der Waals surface area contributed by atoms with Gasteiger partial charge in [-0.05, 0) is 31.0 Å². The Morgan fingerprint density at radius 2 is 2.12 bits per heavy atom. The van der Waals surface area contributed by atoms with E-state index in [2.05, 4.69) is 5.32 Å². The van der Waals surface area contributed by atoms with E-state index in [0.717, 1.165) is 12.1 Å². The second-order valence-corrected chi connectivity index (χ2v) is 3.90. The third-order valence-electron chi connectivity index (χ3n) is 2.31. The Morgan fingerprint density at radius 3 is 2.71 bits per heavy atom. The zero-order chi connectivity index (χ0) is 12.8. The summed E-state index contributed by atoms with van der Waals surface area (Å²) >= 11 is 0. The van der Waals surface area contributed by atoms with Crippen LogP contribution in [0.4, 0.5) is 8.78 Å². The van der Waals surface area contributed by atoms with Crippen molar-refractivity contribution in [2.24, 2.45) is 0 Å². The van der Waals surface area contributed by atoms with Crippen molar-refractivity contribution in [3.63, 3.8) is 0 Å². The molecule has 0 aliphatic heterocycles. The van der Waals surface area contributed by atoms with Crippen molar-refractivity contribution < 1.29 is 18.7 Å². The molecule has 0 aromatic heterocycles. The molecule has 3 nitrogen and oxygen atoms in total. The summed E-state index contributed by atoms with van der Waals surface area (Å²) in [7, 11) is 0. The molecule has 1 aromatic rings. The molecule has 0 unspecified atom stereocenters. The molecule has 0 aliphatic rings. The van der Waals surface area contributed by atoms with Gasteiger partial charge in [-0.2, -0.15) is 0 Å². The Balaban J connectivity index is 2.45. The van der Waals surface area contributed by atoms with Crippen molar-refractivity contribution in [2.45, 2.75) is 25.8 Å². The molecular formula is C12H15F2NO2. The molecule has 2 N–H and O–H groups in total. The van der Waals surface area contributed by atoms with Crippen LogP contribution in [0, 0.1) is 11.6 Å². The third kappa shape index (κ3) is 4.48. The zero-order valence-corrected chi connectivity index (χ0v) is 9.54. The van der Waals surface area contributed by atoms with E-state index in [1.54, 1.807) is 6.92 Å². The lowest BCUT2D eigenvalue weighted by molar-refractivity contribution is -0.121. The van der Waals surface area contributed by atoms with Gasteiger partial charge in [0.15, 0.2) is 11.6 Å². The number of hydrogen-bond donors (Lipinski definition) is 2. The van der Waals surface area contributed by atoms with Gasteiger partial charge in [-0.3, -0.25) is 4.79 Å². The Kier molecular flexibility index (Phi) is 5.03. The first-order valence-corrected chi connectivity index (χ1v) is 5.37. The van der Waals surface area contributed by atoms with E-state index in [-0.39, 0.29) is 25.0 Å². The summed E-state index contributed by atoms with van der Waals surface area (Å²) < 4.78 is 25.5. The monoisotopic (exact) mass is 243 g/mol. The van der Waals surface area contributed by atoms with Gasteiger partial charge in [0.2, 0.25) is 5.91 Å². The summed E-state index contributed by atoms with van der Waals surface area (Å²) in [5.41, 5.74) is 0.565. The first kappa shape index (κ1) is 13.6. The maximum atomic E-state index is 12.9. The lowest BCUT2D eigenvalue weighted by atomic mass is 10.1. The Morgan fingerprint density at radius 1 is 1.41 bits per heavy atom. The van der Waals surface area contributed by atoms with Crippen LogP contribution in [0.25, 0.3) is 0 Å². The average molecular weight is 243 g/mol. The summed E-state index contributed by atoms with van der Waals surface area (Å²) in [6, 6.07) is 3.27. The normalized spacial score (nSPS) is 12.2. The standard InChI is InChI=1S/C12H15F2NO2/c1-8(7-16)15-12(17)5-3-9-2-4-10(13)11(14)6-9/h2,4,6,8,16H,3,5,7H2,1H3,(H,15,17)/t8-/m1/s1. The van der Waals surface area contributed by atoms with Crippen LogP contribution in [-0.4, -0.2) is 23.7 Å². The summed E-state index contributed by atoms with van der Waals surface area (Å²) in [6.07, 6.45) is 0.511. The number of carbonyl (C=O) groups excluding carboxylic acids is 1. The number of aryl methyl sites for hydroxylation is 1. The lowest BCUT2D eigenvalue weighted by Gasteiger charge is -2.10. The molecule has 0 heterocycles. The van der Waals surface area contributed by atoms with Crippen LogP contribution >= 0.6 is 0 Å². The Bertz CT molecular complexity index is 396. The van der Waals surface area contributed by atoms with Gasteiger partial charge < -0.3 is 10.4 Å². The van der Waals surface area contributed by atoms with Crippen LogP contribution in [-0.2, 0) is 11.2 Å². The van der Waals surface area contributed by atoms with Crippen molar-refractivity contribution in [2.75, 3.05) is 6.61 Å². The number of carbonyl (C=O) groups is 1. The third-order valence-corrected chi connectivity index (χ3v) is 2.31. The highest BCUT2D eigenvalue weighted by Crippen LogP contribution is 2.10. The molecule has 17 heavy (non-hydrogen) atoms. The number of halogens is 2. The maximum Gasteiger partial charge on any atom is 0.220 e. The van der Waals surface area contributed by atoms with Gasteiger partial charge in [-0.1, -0.05) is 6.07 Å². The zero-order valence-electron chi connectivity index (χ0n) is 9.54. The smallest absolute Gasteiger partial charge is 0.220 e. The summed E-state index contributed by atoms with van der Waals surface area (Å²) in [5, 5.41) is 11.3. The first-order valence-electron chi connectivity index (χ1n) is 5.37. The Labute approximate surface area is 98.5 Å². The summed E-state index contributed by atoms with van der Waals surface area (Å²) in [6.45, 7) is 1.55.